The van der Waals surface area contributed by atoms with Crippen molar-refractivity contribution >= 4 is 5.97 Å². The number of ether oxygens (including phenoxy) is 1. The number of hydrogen-bond acceptors (Lipinski definition) is 2. The highest BCUT2D eigenvalue weighted by Gasteiger charge is 2.36. The van der Waals surface area contributed by atoms with Crippen molar-refractivity contribution in [2.75, 3.05) is 0 Å². The minimum absolute atomic E-state index is 0.171. The first-order chi connectivity index (χ1) is 10.3. The van der Waals surface area contributed by atoms with Gasteiger partial charge in [-0.25, -0.2) is 4.79 Å². The van der Waals surface area contributed by atoms with Crippen LogP contribution in [0.4, 0.5) is 0 Å². The third-order valence-electron chi connectivity index (χ3n) is 4.73. The number of esters is 1. The fourth-order valence-electron chi connectivity index (χ4n) is 3.74. The lowest BCUT2D eigenvalue weighted by Gasteiger charge is -2.23. The molecule has 1 aliphatic heterocycles. The molecular formula is C19H18O2. The van der Waals surface area contributed by atoms with Crippen LogP contribution in [0.2, 0.25) is 0 Å². The quantitative estimate of drug-likeness (QED) is 0.733. The monoisotopic (exact) mass is 278 g/mol. The van der Waals surface area contributed by atoms with E-state index in [1.807, 2.05) is 36.4 Å². The van der Waals surface area contributed by atoms with Gasteiger partial charge in [0.25, 0.3) is 0 Å². The predicted molar refractivity (Wildman–Crippen MR) is 81.5 cm³/mol. The number of carbonyl (C=O) groups excluding carboxylic acids is 1. The molecule has 2 nitrogen and oxygen atoms in total. The van der Waals surface area contributed by atoms with Crippen LogP contribution in [0.15, 0.2) is 36.4 Å². The molecular weight excluding hydrogens is 260 g/mol. The summed E-state index contributed by atoms with van der Waals surface area (Å²) in [5.74, 6) is -0.171. The van der Waals surface area contributed by atoms with Gasteiger partial charge in [-0.3, -0.25) is 0 Å². The molecule has 1 aliphatic carbocycles. The van der Waals surface area contributed by atoms with Crippen molar-refractivity contribution in [2.24, 2.45) is 0 Å². The first kappa shape index (κ1) is 12.6. The number of carbonyl (C=O) groups is 1. The summed E-state index contributed by atoms with van der Waals surface area (Å²) in [6.45, 7) is 2.12. The molecule has 1 atom stereocenters. The SMILES string of the molecule is Cc1cc2c(c3c1CCCC3)C(c1ccccc1)OC2=O. The Hall–Kier alpha value is -2.09. The van der Waals surface area contributed by atoms with Gasteiger partial charge in [-0.1, -0.05) is 30.3 Å². The normalized spacial score (nSPS) is 19.9. The molecule has 21 heavy (non-hydrogen) atoms. The highest BCUT2D eigenvalue weighted by atomic mass is 16.5. The molecule has 0 saturated heterocycles. The van der Waals surface area contributed by atoms with Crippen molar-refractivity contribution in [3.8, 4) is 0 Å². The largest absolute Gasteiger partial charge is 0.449 e. The van der Waals surface area contributed by atoms with Crippen LogP contribution >= 0.6 is 0 Å². The first-order valence-electron chi connectivity index (χ1n) is 7.67. The van der Waals surface area contributed by atoms with Gasteiger partial charge in [0.15, 0.2) is 6.10 Å². The molecule has 0 saturated carbocycles. The van der Waals surface area contributed by atoms with E-state index in [2.05, 4.69) is 6.92 Å². The summed E-state index contributed by atoms with van der Waals surface area (Å²) < 4.78 is 5.70. The van der Waals surface area contributed by atoms with Gasteiger partial charge in [0.1, 0.15) is 0 Å². The lowest BCUT2D eigenvalue weighted by Crippen LogP contribution is -2.11. The maximum absolute atomic E-state index is 12.3. The fraction of sp³-hybridized carbons (Fsp3) is 0.316. The molecule has 0 bridgehead atoms. The van der Waals surface area contributed by atoms with Crippen LogP contribution < -0.4 is 0 Å². The van der Waals surface area contributed by atoms with Crippen LogP contribution in [-0.4, -0.2) is 5.97 Å². The lowest BCUT2D eigenvalue weighted by atomic mass is 9.81. The summed E-state index contributed by atoms with van der Waals surface area (Å²) in [4.78, 5) is 12.3. The van der Waals surface area contributed by atoms with E-state index in [1.165, 1.54) is 29.5 Å². The predicted octanol–water partition coefficient (Wildman–Crippen LogP) is 4.13. The van der Waals surface area contributed by atoms with Gasteiger partial charge in [0.2, 0.25) is 0 Å². The third kappa shape index (κ3) is 1.90. The summed E-state index contributed by atoms with van der Waals surface area (Å²) in [5, 5.41) is 0. The maximum Gasteiger partial charge on any atom is 0.339 e. The molecule has 0 amide bonds. The van der Waals surface area contributed by atoms with Gasteiger partial charge >= 0.3 is 5.97 Å². The summed E-state index contributed by atoms with van der Waals surface area (Å²) in [7, 11) is 0. The number of rotatable bonds is 1. The Labute approximate surface area is 124 Å². The fourth-order valence-corrected chi connectivity index (χ4v) is 3.74. The summed E-state index contributed by atoms with van der Waals surface area (Å²) >= 11 is 0. The molecule has 0 radical (unpaired) electrons. The zero-order valence-corrected chi connectivity index (χ0v) is 12.2. The molecule has 0 spiro atoms. The Kier molecular flexibility index (Phi) is 2.85. The molecule has 2 aromatic rings. The van der Waals surface area contributed by atoms with Gasteiger partial charge in [-0.15, -0.1) is 0 Å². The van der Waals surface area contributed by atoms with Crippen LogP contribution in [0, 0.1) is 6.92 Å². The average Bonchev–Trinajstić information content (AvgIpc) is 2.86. The second kappa shape index (κ2) is 4.73. The molecule has 2 aliphatic rings. The topological polar surface area (TPSA) is 26.3 Å². The standard InChI is InChI=1S/C19H18O2/c1-12-11-16-17(15-10-6-5-9-14(12)15)18(21-19(16)20)13-7-3-2-4-8-13/h2-4,7-8,11,18H,5-6,9-10H2,1H3. The lowest BCUT2D eigenvalue weighted by molar-refractivity contribution is 0.0455. The van der Waals surface area contributed by atoms with Gasteiger partial charge in [-0.2, -0.15) is 0 Å². The summed E-state index contributed by atoms with van der Waals surface area (Å²) in [6, 6.07) is 12.1. The number of cyclic esters (lactones) is 1. The van der Waals surface area contributed by atoms with Gasteiger partial charge < -0.3 is 4.74 Å². The van der Waals surface area contributed by atoms with Crippen molar-refractivity contribution in [3.63, 3.8) is 0 Å². The minimum Gasteiger partial charge on any atom is -0.449 e. The van der Waals surface area contributed by atoms with Crippen LogP contribution in [0.5, 0.6) is 0 Å². The Morgan fingerprint density at radius 3 is 2.52 bits per heavy atom. The second-order valence-electron chi connectivity index (χ2n) is 6.01. The first-order valence-corrected chi connectivity index (χ1v) is 7.67. The molecule has 1 heterocycles. The Bertz CT molecular complexity index is 716. The Morgan fingerprint density at radius 1 is 1.05 bits per heavy atom. The molecule has 106 valence electrons. The van der Waals surface area contributed by atoms with Crippen molar-refractivity contribution in [1.82, 2.24) is 0 Å². The Morgan fingerprint density at radius 2 is 1.76 bits per heavy atom. The van der Waals surface area contributed by atoms with Crippen molar-refractivity contribution < 1.29 is 9.53 Å². The molecule has 4 rings (SSSR count). The van der Waals surface area contributed by atoms with Gasteiger partial charge in [0, 0.05) is 5.56 Å². The minimum atomic E-state index is -0.221. The number of fused-ring (bicyclic) bond motifs is 3. The van der Waals surface area contributed by atoms with Crippen LogP contribution in [-0.2, 0) is 17.6 Å². The molecule has 1 unspecified atom stereocenters. The van der Waals surface area contributed by atoms with E-state index < -0.39 is 0 Å². The summed E-state index contributed by atoms with van der Waals surface area (Å²) in [5.41, 5.74) is 7.04. The van der Waals surface area contributed by atoms with E-state index >= 15 is 0 Å². The van der Waals surface area contributed by atoms with Crippen LogP contribution in [0.3, 0.4) is 0 Å². The Balaban J connectivity index is 1.94. The van der Waals surface area contributed by atoms with E-state index in [0.29, 0.717) is 0 Å². The van der Waals surface area contributed by atoms with E-state index in [1.54, 1.807) is 0 Å². The highest BCUT2D eigenvalue weighted by molar-refractivity contribution is 5.95. The number of aryl methyl sites for hydroxylation is 1. The number of hydrogen-bond donors (Lipinski definition) is 0. The van der Waals surface area contributed by atoms with E-state index in [0.717, 1.165) is 29.5 Å². The third-order valence-corrected chi connectivity index (χ3v) is 4.73. The zero-order valence-electron chi connectivity index (χ0n) is 12.2. The van der Waals surface area contributed by atoms with Crippen LogP contribution in [0.25, 0.3) is 0 Å². The zero-order chi connectivity index (χ0) is 14.4. The number of benzene rings is 2. The van der Waals surface area contributed by atoms with Crippen molar-refractivity contribution in [3.05, 3.63) is 69.8 Å². The van der Waals surface area contributed by atoms with E-state index in [4.69, 9.17) is 4.74 Å². The molecule has 0 fully saturated rings. The van der Waals surface area contributed by atoms with E-state index in [9.17, 15) is 4.79 Å². The highest BCUT2D eigenvalue weighted by Crippen LogP contribution is 2.42. The molecule has 0 aromatic heterocycles. The van der Waals surface area contributed by atoms with Crippen molar-refractivity contribution in [1.29, 1.82) is 0 Å². The second-order valence-corrected chi connectivity index (χ2v) is 6.01. The van der Waals surface area contributed by atoms with Crippen molar-refractivity contribution in [2.45, 2.75) is 38.7 Å². The maximum atomic E-state index is 12.3. The van der Waals surface area contributed by atoms with Crippen LogP contribution in [0.1, 0.15) is 57.1 Å². The van der Waals surface area contributed by atoms with Gasteiger partial charge in [0.05, 0.1) is 5.56 Å². The van der Waals surface area contributed by atoms with E-state index in [-0.39, 0.29) is 12.1 Å². The molecule has 2 heteroatoms. The molecule has 2 aromatic carbocycles. The molecule has 0 N–H and O–H groups in total. The smallest absolute Gasteiger partial charge is 0.339 e. The average molecular weight is 278 g/mol. The summed E-state index contributed by atoms with van der Waals surface area (Å²) in [6.07, 6.45) is 4.43. The van der Waals surface area contributed by atoms with Gasteiger partial charge in [-0.05, 0) is 60.9 Å².